The number of hydrogen-bond acceptors (Lipinski definition) is 4. The molecular weight excluding hydrogens is 430 g/mol. The molecule has 1 saturated heterocycles. The summed E-state index contributed by atoms with van der Waals surface area (Å²) in [6, 6.07) is 3.73. The molecular formula is C20H14F6N2O3. The molecule has 1 aromatic carbocycles. The molecule has 1 fully saturated rings. The van der Waals surface area contributed by atoms with Gasteiger partial charge in [0.05, 0.1) is 42.1 Å². The van der Waals surface area contributed by atoms with Crippen LogP contribution < -0.4 is 0 Å². The van der Waals surface area contributed by atoms with Crippen LogP contribution in [0.3, 0.4) is 0 Å². The van der Waals surface area contributed by atoms with Gasteiger partial charge in [-0.1, -0.05) is 18.1 Å². The molecule has 0 bridgehead atoms. The fourth-order valence-corrected chi connectivity index (χ4v) is 2.94. The average molecular weight is 444 g/mol. The summed E-state index contributed by atoms with van der Waals surface area (Å²) < 4.78 is 78.6. The molecule has 0 unspecified atom stereocenters. The standard InChI is InChI=1S/C20H14F6N2O3/c21-19(22,23)13-4-2-12(3-5-13)18-14(20(24,25)26)7-11(8-27-18)1-6-17(31)28-9-15(29)16(30)10-28/h2-5,7-8,15-16,29-30H,9-10H2/t15-,16+. The highest BCUT2D eigenvalue weighted by Crippen LogP contribution is 2.37. The maximum Gasteiger partial charge on any atom is 0.418 e. The number of carbonyl (C=O) groups is 1. The zero-order chi connectivity index (χ0) is 23.0. The number of aliphatic hydroxyl groups excluding tert-OH is 2. The minimum Gasteiger partial charge on any atom is -0.388 e. The normalized spacial score (nSPS) is 19.2. The third kappa shape index (κ3) is 5.15. The third-order valence-electron chi connectivity index (χ3n) is 4.54. The fourth-order valence-electron chi connectivity index (χ4n) is 2.94. The Labute approximate surface area is 171 Å². The SMILES string of the molecule is O=C(C#Cc1cnc(-c2ccc(C(F)(F)F)cc2)c(C(F)(F)F)c1)N1C[C@@H](O)[C@@H](O)C1. The van der Waals surface area contributed by atoms with Crippen LogP contribution in [-0.2, 0) is 17.1 Å². The number of halogens is 6. The highest BCUT2D eigenvalue weighted by Gasteiger charge is 2.36. The molecule has 0 radical (unpaired) electrons. The van der Waals surface area contributed by atoms with E-state index in [1.807, 2.05) is 0 Å². The number of likely N-dealkylation sites (tertiary alicyclic amines) is 1. The molecule has 1 aromatic heterocycles. The van der Waals surface area contributed by atoms with Gasteiger partial charge in [0.25, 0.3) is 5.91 Å². The van der Waals surface area contributed by atoms with Crippen molar-refractivity contribution in [2.45, 2.75) is 24.6 Å². The van der Waals surface area contributed by atoms with Crippen LogP contribution in [0.5, 0.6) is 0 Å². The summed E-state index contributed by atoms with van der Waals surface area (Å²) in [6.45, 7) is -0.318. The highest BCUT2D eigenvalue weighted by molar-refractivity contribution is 5.94. The lowest BCUT2D eigenvalue weighted by molar-refractivity contribution is -0.138. The Morgan fingerprint density at radius 2 is 1.58 bits per heavy atom. The number of carbonyl (C=O) groups excluding carboxylic acids is 1. The Hall–Kier alpha value is -3.10. The van der Waals surface area contributed by atoms with Gasteiger partial charge in [-0.2, -0.15) is 26.3 Å². The number of hydrogen-bond donors (Lipinski definition) is 2. The molecule has 0 spiro atoms. The van der Waals surface area contributed by atoms with Crippen molar-refractivity contribution in [1.82, 2.24) is 9.88 Å². The van der Waals surface area contributed by atoms with E-state index in [1.165, 1.54) is 0 Å². The number of rotatable bonds is 1. The second-order valence-corrected chi connectivity index (χ2v) is 6.79. The molecule has 1 amide bonds. The van der Waals surface area contributed by atoms with E-state index >= 15 is 0 Å². The maximum atomic E-state index is 13.5. The summed E-state index contributed by atoms with van der Waals surface area (Å²) in [5.41, 5.74) is -3.22. The predicted octanol–water partition coefficient (Wildman–Crippen LogP) is 2.70. The Kier molecular flexibility index (Phi) is 5.98. The van der Waals surface area contributed by atoms with Crippen LogP contribution in [0, 0.1) is 11.8 Å². The number of amides is 1. The maximum absolute atomic E-state index is 13.5. The number of benzene rings is 1. The van der Waals surface area contributed by atoms with Gasteiger partial charge in [-0.25, -0.2) is 0 Å². The van der Waals surface area contributed by atoms with E-state index in [1.54, 1.807) is 0 Å². The highest BCUT2D eigenvalue weighted by atomic mass is 19.4. The molecule has 164 valence electrons. The monoisotopic (exact) mass is 444 g/mol. The van der Waals surface area contributed by atoms with E-state index in [4.69, 9.17) is 0 Å². The molecule has 0 saturated carbocycles. The Morgan fingerprint density at radius 3 is 2.10 bits per heavy atom. The van der Waals surface area contributed by atoms with Gasteiger partial charge in [0.1, 0.15) is 0 Å². The van der Waals surface area contributed by atoms with E-state index < -0.39 is 47.3 Å². The minimum absolute atomic E-state index is 0.159. The first-order chi connectivity index (χ1) is 14.4. The van der Waals surface area contributed by atoms with Gasteiger partial charge < -0.3 is 15.1 Å². The lowest BCUT2D eigenvalue weighted by atomic mass is 10.0. The number of aliphatic hydroxyl groups is 2. The number of pyridine rings is 1. The van der Waals surface area contributed by atoms with E-state index in [-0.39, 0.29) is 24.2 Å². The van der Waals surface area contributed by atoms with E-state index in [0.717, 1.165) is 23.2 Å². The first-order valence-corrected chi connectivity index (χ1v) is 8.78. The zero-order valence-electron chi connectivity index (χ0n) is 15.5. The summed E-state index contributed by atoms with van der Waals surface area (Å²) in [5.74, 6) is 3.59. The fraction of sp³-hybridized carbons (Fsp3) is 0.300. The quantitative estimate of drug-likeness (QED) is 0.524. The second-order valence-electron chi connectivity index (χ2n) is 6.79. The van der Waals surface area contributed by atoms with Gasteiger partial charge in [-0.3, -0.25) is 9.78 Å². The van der Waals surface area contributed by atoms with Crippen molar-refractivity contribution >= 4 is 5.91 Å². The van der Waals surface area contributed by atoms with Gasteiger partial charge in [-0.15, -0.1) is 0 Å². The van der Waals surface area contributed by atoms with Crippen molar-refractivity contribution in [2.75, 3.05) is 13.1 Å². The summed E-state index contributed by atoms with van der Waals surface area (Å²) >= 11 is 0. The molecule has 11 heteroatoms. The van der Waals surface area contributed by atoms with Crippen LogP contribution in [0.1, 0.15) is 16.7 Å². The lowest BCUT2D eigenvalue weighted by Crippen LogP contribution is -2.28. The number of nitrogens with zero attached hydrogens (tertiary/aromatic N) is 2. The Morgan fingerprint density at radius 1 is 1.00 bits per heavy atom. The average Bonchev–Trinajstić information content (AvgIpc) is 3.03. The van der Waals surface area contributed by atoms with Crippen molar-refractivity contribution in [3.63, 3.8) is 0 Å². The Bertz CT molecular complexity index is 1030. The van der Waals surface area contributed by atoms with Crippen LogP contribution in [0.4, 0.5) is 26.3 Å². The van der Waals surface area contributed by atoms with Crippen LogP contribution >= 0.6 is 0 Å². The summed E-state index contributed by atoms with van der Waals surface area (Å²) in [4.78, 5) is 16.7. The molecule has 3 rings (SSSR count). The predicted molar refractivity (Wildman–Crippen MR) is 95.1 cm³/mol. The van der Waals surface area contributed by atoms with Gasteiger partial charge in [0, 0.05) is 23.2 Å². The molecule has 31 heavy (non-hydrogen) atoms. The largest absolute Gasteiger partial charge is 0.418 e. The van der Waals surface area contributed by atoms with Crippen molar-refractivity contribution in [2.24, 2.45) is 0 Å². The number of alkyl halides is 6. The van der Waals surface area contributed by atoms with Gasteiger partial charge in [0.15, 0.2) is 0 Å². The summed E-state index contributed by atoms with van der Waals surface area (Å²) in [7, 11) is 0. The Balaban J connectivity index is 1.91. The van der Waals surface area contributed by atoms with Crippen molar-refractivity contribution in [3.8, 4) is 23.1 Å². The molecule has 0 aliphatic carbocycles. The lowest BCUT2D eigenvalue weighted by Gasteiger charge is -2.13. The summed E-state index contributed by atoms with van der Waals surface area (Å²) in [6.07, 6.45) is -10.8. The van der Waals surface area contributed by atoms with Crippen molar-refractivity contribution in [3.05, 3.63) is 53.2 Å². The first-order valence-electron chi connectivity index (χ1n) is 8.78. The summed E-state index contributed by atoms with van der Waals surface area (Å²) in [5, 5.41) is 18.9. The molecule has 1 aliphatic rings. The van der Waals surface area contributed by atoms with Crippen LogP contribution in [0.25, 0.3) is 11.3 Å². The second kappa shape index (κ2) is 8.20. The first kappa shape index (κ1) is 22.6. The zero-order valence-corrected chi connectivity index (χ0v) is 15.5. The van der Waals surface area contributed by atoms with Crippen LogP contribution in [0.2, 0.25) is 0 Å². The van der Waals surface area contributed by atoms with E-state index in [0.29, 0.717) is 18.2 Å². The third-order valence-corrected chi connectivity index (χ3v) is 4.54. The van der Waals surface area contributed by atoms with Crippen molar-refractivity contribution in [1.29, 1.82) is 0 Å². The number of β-amino-alcohol motifs (C(OH)–C–C–N with tert-alkyl or cyclic N) is 2. The molecule has 5 nitrogen and oxygen atoms in total. The van der Waals surface area contributed by atoms with Crippen LogP contribution in [0.15, 0.2) is 36.5 Å². The topological polar surface area (TPSA) is 73.7 Å². The molecule has 2 N–H and O–H groups in total. The molecule has 2 heterocycles. The molecule has 2 aromatic rings. The smallest absolute Gasteiger partial charge is 0.388 e. The van der Waals surface area contributed by atoms with Crippen molar-refractivity contribution < 1.29 is 41.4 Å². The van der Waals surface area contributed by atoms with E-state index in [9.17, 15) is 41.4 Å². The van der Waals surface area contributed by atoms with E-state index in [2.05, 4.69) is 16.8 Å². The van der Waals surface area contributed by atoms with Crippen LogP contribution in [-0.4, -0.2) is 51.3 Å². The van der Waals surface area contributed by atoms with Gasteiger partial charge >= 0.3 is 12.4 Å². The minimum atomic E-state index is -4.88. The van der Waals surface area contributed by atoms with Gasteiger partial charge in [-0.05, 0) is 18.2 Å². The van der Waals surface area contributed by atoms with Gasteiger partial charge in [0.2, 0.25) is 0 Å². The number of aromatic nitrogens is 1. The molecule has 2 atom stereocenters. The molecule has 1 aliphatic heterocycles.